The van der Waals surface area contributed by atoms with Gasteiger partial charge in [-0.05, 0) is 12.5 Å². The van der Waals surface area contributed by atoms with Crippen molar-refractivity contribution < 1.29 is 14.3 Å². The number of esters is 1. The van der Waals surface area contributed by atoms with Crippen molar-refractivity contribution in [2.45, 2.75) is 32.6 Å². The lowest BCUT2D eigenvalue weighted by molar-refractivity contribution is -0.143. The lowest BCUT2D eigenvalue weighted by Crippen LogP contribution is -2.37. The summed E-state index contributed by atoms with van der Waals surface area (Å²) in [5.74, 6) is -0.835. The zero-order valence-corrected chi connectivity index (χ0v) is 11.9. The van der Waals surface area contributed by atoms with Gasteiger partial charge in [-0.15, -0.1) is 0 Å². The van der Waals surface area contributed by atoms with Crippen LogP contribution in [0.3, 0.4) is 0 Å². The van der Waals surface area contributed by atoms with E-state index in [1.54, 1.807) is 0 Å². The van der Waals surface area contributed by atoms with Crippen molar-refractivity contribution >= 4 is 11.9 Å². The molecule has 0 radical (unpaired) electrons. The Hall–Kier alpha value is -1.84. The van der Waals surface area contributed by atoms with Gasteiger partial charge >= 0.3 is 5.97 Å². The van der Waals surface area contributed by atoms with Gasteiger partial charge in [-0.3, -0.25) is 9.59 Å². The first-order chi connectivity index (χ1) is 8.85. The maximum absolute atomic E-state index is 11.5. The molecule has 0 unspecified atom stereocenters. The van der Waals surface area contributed by atoms with Gasteiger partial charge in [-0.25, -0.2) is 0 Å². The number of amides is 1. The monoisotopic (exact) mass is 263 g/mol. The fourth-order valence-electron chi connectivity index (χ4n) is 1.75. The van der Waals surface area contributed by atoms with Crippen LogP contribution in [-0.4, -0.2) is 25.5 Å². The Bertz CT molecular complexity index is 466. The minimum absolute atomic E-state index is 0.183. The Balaban J connectivity index is 2.60. The van der Waals surface area contributed by atoms with E-state index >= 15 is 0 Å². The number of benzene rings is 1. The fourth-order valence-corrected chi connectivity index (χ4v) is 1.75. The minimum atomic E-state index is -0.522. The van der Waals surface area contributed by atoms with Crippen LogP contribution in [0.5, 0.6) is 0 Å². The number of ether oxygens (including phenoxy) is 1. The molecular formula is C15H21NO3. The molecule has 4 nitrogen and oxygen atoms in total. The third-order valence-corrected chi connectivity index (χ3v) is 3.06. The molecule has 0 bridgehead atoms. The van der Waals surface area contributed by atoms with Crippen molar-refractivity contribution in [2.75, 3.05) is 13.7 Å². The molecule has 0 aliphatic rings. The molecule has 1 amide bonds. The third-order valence-electron chi connectivity index (χ3n) is 3.06. The molecule has 0 aliphatic carbocycles. The lowest BCUT2D eigenvalue weighted by Gasteiger charge is -2.26. The fraction of sp³-hybridized carbons (Fsp3) is 0.467. The number of aryl methyl sites for hydroxylation is 1. The third kappa shape index (κ3) is 4.73. The molecule has 0 fully saturated rings. The van der Waals surface area contributed by atoms with Gasteiger partial charge in [0.25, 0.3) is 0 Å². The molecule has 19 heavy (non-hydrogen) atoms. The first kappa shape index (κ1) is 15.2. The molecule has 4 heteroatoms. The van der Waals surface area contributed by atoms with E-state index in [1.807, 2.05) is 25.1 Å². The van der Waals surface area contributed by atoms with Gasteiger partial charge in [-0.2, -0.15) is 0 Å². The summed E-state index contributed by atoms with van der Waals surface area (Å²) in [5, 5.41) is 2.77. The van der Waals surface area contributed by atoms with Crippen molar-refractivity contribution in [3.05, 3.63) is 35.4 Å². The van der Waals surface area contributed by atoms with Crippen molar-refractivity contribution in [3.63, 3.8) is 0 Å². The average Bonchev–Trinajstić information content (AvgIpc) is 2.36. The molecule has 1 N–H and O–H groups in total. The van der Waals surface area contributed by atoms with Crippen molar-refractivity contribution in [1.29, 1.82) is 0 Å². The molecule has 0 aromatic heterocycles. The Labute approximate surface area is 114 Å². The molecule has 0 saturated carbocycles. The standard InChI is InChI=1S/C15H21NO3/c1-11-6-5-7-12(8-11)15(2,3)10-16-13(17)9-14(18)19-4/h5-8H,9-10H2,1-4H3,(H,16,17). The van der Waals surface area contributed by atoms with Crippen molar-refractivity contribution in [2.24, 2.45) is 0 Å². The summed E-state index contributed by atoms with van der Waals surface area (Å²) in [4.78, 5) is 22.5. The molecule has 0 heterocycles. The SMILES string of the molecule is COC(=O)CC(=O)NCC(C)(C)c1cccc(C)c1. The van der Waals surface area contributed by atoms with E-state index in [4.69, 9.17) is 0 Å². The van der Waals surface area contributed by atoms with E-state index in [9.17, 15) is 9.59 Å². The van der Waals surface area contributed by atoms with Gasteiger partial charge in [0.2, 0.25) is 5.91 Å². The van der Waals surface area contributed by atoms with Crippen molar-refractivity contribution in [3.8, 4) is 0 Å². The van der Waals surface area contributed by atoms with Crippen LogP contribution in [0.25, 0.3) is 0 Å². The Morgan fingerprint density at radius 3 is 2.58 bits per heavy atom. The van der Waals surface area contributed by atoms with Gasteiger partial charge in [-0.1, -0.05) is 43.7 Å². The molecule has 0 atom stereocenters. The number of hydrogen-bond acceptors (Lipinski definition) is 3. The van der Waals surface area contributed by atoms with E-state index < -0.39 is 5.97 Å². The van der Waals surface area contributed by atoms with E-state index in [0.717, 1.165) is 5.56 Å². The summed E-state index contributed by atoms with van der Waals surface area (Å²) in [6, 6.07) is 8.18. The van der Waals surface area contributed by atoms with Crippen LogP contribution in [0.1, 0.15) is 31.4 Å². The number of hydrogen-bond donors (Lipinski definition) is 1. The second-order valence-electron chi connectivity index (χ2n) is 5.28. The molecule has 1 rings (SSSR count). The Morgan fingerprint density at radius 2 is 2.00 bits per heavy atom. The topological polar surface area (TPSA) is 55.4 Å². The lowest BCUT2D eigenvalue weighted by atomic mass is 9.84. The van der Waals surface area contributed by atoms with E-state index in [0.29, 0.717) is 6.54 Å². The largest absolute Gasteiger partial charge is 0.469 e. The van der Waals surface area contributed by atoms with Gasteiger partial charge in [0.15, 0.2) is 0 Å². The number of carbonyl (C=O) groups excluding carboxylic acids is 2. The second kappa shape index (κ2) is 6.36. The Morgan fingerprint density at radius 1 is 1.32 bits per heavy atom. The summed E-state index contributed by atoms with van der Waals surface area (Å²) in [6.45, 7) is 6.63. The molecule has 0 aliphatic heterocycles. The van der Waals surface area contributed by atoms with Gasteiger partial charge < -0.3 is 10.1 Å². The summed E-state index contributed by atoms with van der Waals surface area (Å²) >= 11 is 0. The van der Waals surface area contributed by atoms with E-state index in [2.05, 4.69) is 30.0 Å². The highest BCUT2D eigenvalue weighted by Gasteiger charge is 2.22. The second-order valence-corrected chi connectivity index (χ2v) is 5.28. The van der Waals surface area contributed by atoms with Crippen molar-refractivity contribution in [1.82, 2.24) is 5.32 Å². The zero-order chi connectivity index (χ0) is 14.5. The Kier molecular flexibility index (Phi) is 5.10. The highest BCUT2D eigenvalue weighted by Crippen LogP contribution is 2.22. The number of methoxy groups -OCH3 is 1. The number of rotatable bonds is 5. The highest BCUT2D eigenvalue weighted by molar-refractivity contribution is 5.94. The predicted molar refractivity (Wildman–Crippen MR) is 73.8 cm³/mol. The van der Waals surface area contributed by atoms with Crippen LogP contribution in [-0.2, 0) is 19.7 Å². The molecule has 1 aromatic rings. The molecule has 0 saturated heterocycles. The molecule has 0 spiro atoms. The molecular weight excluding hydrogens is 242 g/mol. The van der Waals surface area contributed by atoms with E-state index in [1.165, 1.54) is 12.7 Å². The van der Waals surface area contributed by atoms with Gasteiger partial charge in [0, 0.05) is 12.0 Å². The normalized spacial score (nSPS) is 10.9. The minimum Gasteiger partial charge on any atom is -0.469 e. The average molecular weight is 263 g/mol. The summed E-state index contributed by atoms with van der Waals surface area (Å²) in [7, 11) is 1.27. The van der Waals surface area contributed by atoms with Crippen LogP contribution in [0.2, 0.25) is 0 Å². The zero-order valence-electron chi connectivity index (χ0n) is 11.9. The smallest absolute Gasteiger partial charge is 0.315 e. The van der Waals surface area contributed by atoms with Crippen LogP contribution in [0.15, 0.2) is 24.3 Å². The number of nitrogens with one attached hydrogen (secondary N) is 1. The van der Waals surface area contributed by atoms with E-state index in [-0.39, 0.29) is 17.7 Å². The summed E-state index contributed by atoms with van der Waals surface area (Å²) in [6.07, 6.45) is -0.236. The first-order valence-corrected chi connectivity index (χ1v) is 6.26. The van der Waals surface area contributed by atoms with Gasteiger partial charge in [0.1, 0.15) is 6.42 Å². The summed E-state index contributed by atoms with van der Waals surface area (Å²) in [5.41, 5.74) is 2.16. The maximum Gasteiger partial charge on any atom is 0.315 e. The molecule has 1 aromatic carbocycles. The number of carbonyl (C=O) groups is 2. The van der Waals surface area contributed by atoms with Crippen LogP contribution >= 0.6 is 0 Å². The maximum atomic E-state index is 11.5. The van der Waals surface area contributed by atoms with Crippen LogP contribution in [0.4, 0.5) is 0 Å². The first-order valence-electron chi connectivity index (χ1n) is 6.26. The molecule has 104 valence electrons. The summed E-state index contributed by atoms with van der Waals surface area (Å²) < 4.78 is 4.45. The highest BCUT2D eigenvalue weighted by atomic mass is 16.5. The van der Waals surface area contributed by atoms with Crippen LogP contribution < -0.4 is 5.32 Å². The predicted octanol–water partition coefficient (Wildman–Crippen LogP) is 1.95. The quantitative estimate of drug-likeness (QED) is 0.652. The van der Waals surface area contributed by atoms with Crippen LogP contribution in [0, 0.1) is 6.92 Å². The van der Waals surface area contributed by atoms with Gasteiger partial charge in [0.05, 0.1) is 7.11 Å².